The third-order valence-corrected chi connectivity index (χ3v) is 3.62. The summed E-state index contributed by atoms with van der Waals surface area (Å²) in [5.41, 5.74) is 2.32. The second kappa shape index (κ2) is 6.34. The van der Waals surface area contributed by atoms with Gasteiger partial charge in [0.05, 0.1) is 28.6 Å². The molecule has 0 spiro atoms. The van der Waals surface area contributed by atoms with Crippen LogP contribution in [0, 0.1) is 0 Å². The first-order valence-corrected chi connectivity index (χ1v) is 7.39. The fraction of sp³-hybridized carbons (Fsp3) is 0.538. The van der Waals surface area contributed by atoms with E-state index in [9.17, 15) is 0 Å². The number of rotatable bonds is 6. The van der Waals surface area contributed by atoms with Gasteiger partial charge in [-0.15, -0.1) is 0 Å². The minimum atomic E-state index is 0.113. The van der Waals surface area contributed by atoms with E-state index in [4.69, 9.17) is 0 Å². The highest BCUT2D eigenvalue weighted by Crippen LogP contribution is 2.28. The Morgan fingerprint density at radius 2 is 2.11 bits per heavy atom. The van der Waals surface area contributed by atoms with Crippen LogP contribution in [-0.4, -0.2) is 26.1 Å². The predicted molar refractivity (Wildman–Crippen MR) is 78.9 cm³/mol. The molecule has 0 fully saturated rings. The van der Waals surface area contributed by atoms with Crippen molar-refractivity contribution >= 4 is 15.9 Å². The Bertz CT molecular complexity index is 531. The lowest BCUT2D eigenvalue weighted by Crippen LogP contribution is -2.25. The summed E-state index contributed by atoms with van der Waals surface area (Å²) in [5, 5.41) is 12.2. The second-order valence-corrected chi connectivity index (χ2v) is 5.39. The summed E-state index contributed by atoms with van der Waals surface area (Å²) >= 11 is 3.61. The molecule has 0 aliphatic carbocycles. The Balaban J connectivity index is 2.41. The highest BCUT2D eigenvalue weighted by molar-refractivity contribution is 9.10. The van der Waals surface area contributed by atoms with Gasteiger partial charge in [-0.1, -0.05) is 13.8 Å². The summed E-state index contributed by atoms with van der Waals surface area (Å²) in [5.74, 6) is 0. The van der Waals surface area contributed by atoms with Crippen molar-refractivity contribution in [2.75, 3.05) is 6.54 Å². The number of nitrogens with zero attached hydrogens (tertiary/aromatic N) is 4. The molecule has 2 aromatic heterocycles. The molecular formula is C13H20BrN5. The van der Waals surface area contributed by atoms with Gasteiger partial charge in [0.15, 0.2) is 0 Å². The monoisotopic (exact) mass is 325 g/mol. The molecule has 1 N–H and O–H groups in total. The quantitative estimate of drug-likeness (QED) is 0.887. The van der Waals surface area contributed by atoms with Gasteiger partial charge in [-0.05, 0) is 28.9 Å². The highest BCUT2D eigenvalue weighted by Gasteiger charge is 2.22. The molecule has 0 radical (unpaired) electrons. The van der Waals surface area contributed by atoms with E-state index in [0.717, 1.165) is 35.2 Å². The van der Waals surface area contributed by atoms with Crippen LogP contribution in [0.2, 0.25) is 0 Å². The van der Waals surface area contributed by atoms with Crippen molar-refractivity contribution in [1.29, 1.82) is 0 Å². The minimum Gasteiger partial charge on any atom is -0.305 e. The van der Waals surface area contributed by atoms with E-state index in [1.165, 1.54) is 0 Å². The van der Waals surface area contributed by atoms with E-state index in [0.29, 0.717) is 0 Å². The molecule has 0 saturated carbocycles. The van der Waals surface area contributed by atoms with Gasteiger partial charge in [0.2, 0.25) is 0 Å². The van der Waals surface area contributed by atoms with Crippen molar-refractivity contribution in [1.82, 2.24) is 24.9 Å². The van der Waals surface area contributed by atoms with Crippen LogP contribution >= 0.6 is 15.9 Å². The molecule has 1 unspecified atom stereocenters. The van der Waals surface area contributed by atoms with E-state index < -0.39 is 0 Å². The van der Waals surface area contributed by atoms with Crippen molar-refractivity contribution in [3.63, 3.8) is 0 Å². The molecule has 5 nitrogen and oxygen atoms in total. The number of aromatic nitrogens is 4. The largest absolute Gasteiger partial charge is 0.305 e. The number of hydrogen-bond acceptors (Lipinski definition) is 3. The van der Waals surface area contributed by atoms with Crippen LogP contribution in [0.4, 0.5) is 0 Å². The number of halogens is 1. The lowest BCUT2D eigenvalue weighted by Gasteiger charge is -2.19. The third-order valence-electron chi connectivity index (χ3n) is 3.01. The fourth-order valence-electron chi connectivity index (χ4n) is 2.21. The van der Waals surface area contributed by atoms with Crippen LogP contribution < -0.4 is 5.32 Å². The first-order chi connectivity index (χ1) is 9.17. The molecule has 6 heteroatoms. The minimum absolute atomic E-state index is 0.113. The van der Waals surface area contributed by atoms with Crippen LogP contribution in [0.1, 0.15) is 37.6 Å². The van der Waals surface area contributed by atoms with Gasteiger partial charge in [0.1, 0.15) is 0 Å². The summed E-state index contributed by atoms with van der Waals surface area (Å²) in [7, 11) is 1.94. The van der Waals surface area contributed by atoms with E-state index in [2.05, 4.69) is 50.0 Å². The zero-order valence-electron chi connectivity index (χ0n) is 11.6. The summed E-state index contributed by atoms with van der Waals surface area (Å²) in [4.78, 5) is 0. The number of hydrogen-bond donors (Lipinski definition) is 1. The SMILES string of the molecule is CCCn1ncc(Br)c1C(NCC)c1cnn(C)c1. The van der Waals surface area contributed by atoms with Crippen LogP contribution in [0.5, 0.6) is 0 Å². The molecule has 0 saturated heterocycles. The van der Waals surface area contributed by atoms with E-state index in [1.54, 1.807) is 0 Å². The molecule has 0 bridgehead atoms. The van der Waals surface area contributed by atoms with Crippen molar-refractivity contribution in [2.45, 2.75) is 32.9 Å². The van der Waals surface area contributed by atoms with Gasteiger partial charge in [0.25, 0.3) is 0 Å². The maximum Gasteiger partial charge on any atom is 0.0790 e. The Hall–Kier alpha value is -1.14. The van der Waals surface area contributed by atoms with E-state index in [1.807, 2.05) is 30.3 Å². The fourth-order valence-corrected chi connectivity index (χ4v) is 2.74. The standard InChI is InChI=1S/C13H20BrN5/c1-4-6-19-13(11(14)8-17-19)12(15-5-2)10-7-16-18(3)9-10/h7-9,12,15H,4-6H2,1-3H3. The van der Waals surface area contributed by atoms with Crippen molar-refractivity contribution < 1.29 is 0 Å². The molecule has 0 amide bonds. The van der Waals surface area contributed by atoms with Crippen LogP contribution in [-0.2, 0) is 13.6 Å². The van der Waals surface area contributed by atoms with Gasteiger partial charge in [-0.2, -0.15) is 10.2 Å². The average Bonchev–Trinajstić information content (AvgIpc) is 2.95. The maximum atomic E-state index is 4.44. The van der Waals surface area contributed by atoms with Crippen LogP contribution in [0.25, 0.3) is 0 Å². The van der Waals surface area contributed by atoms with Gasteiger partial charge in [-0.3, -0.25) is 9.36 Å². The van der Waals surface area contributed by atoms with Gasteiger partial charge in [0, 0.05) is 25.4 Å². The molecule has 0 aromatic carbocycles. The molecule has 2 rings (SSSR count). The zero-order valence-corrected chi connectivity index (χ0v) is 13.2. The number of aryl methyl sites for hydroxylation is 2. The summed E-state index contributed by atoms with van der Waals surface area (Å²) in [6, 6.07) is 0.113. The van der Waals surface area contributed by atoms with Crippen molar-refractivity contribution in [3.05, 3.63) is 34.3 Å². The van der Waals surface area contributed by atoms with E-state index >= 15 is 0 Å². The normalized spacial score (nSPS) is 12.8. The number of nitrogens with one attached hydrogen (secondary N) is 1. The van der Waals surface area contributed by atoms with Crippen LogP contribution in [0.15, 0.2) is 23.1 Å². The predicted octanol–water partition coefficient (Wildman–Crippen LogP) is 2.49. The molecule has 0 aliphatic heterocycles. The first kappa shape index (κ1) is 14.3. The summed E-state index contributed by atoms with van der Waals surface area (Å²) < 4.78 is 4.93. The van der Waals surface area contributed by atoms with Gasteiger partial charge in [-0.25, -0.2) is 0 Å². The van der Waals surface area contributed by atoms with Crippen LogP contribution in [0.3, 0.4) is 0 Å². The first-order valence-electron chi connectivity index (χ1n) is 6.60. The topological polar surface area (TPSA) is 47.7 Å². The molecule has 19 heavy (non-hydrogen) atoms. The Labute approximate surface area is 122 Å². The highest BCUT2D eigenvalue weighted by atomic mass is 79.9. The van der Waals surface area contributed by atoms with Crippen molar-refractivity contribution in [3.8, 4) is 0 Å². The molecule has 1 atom stereocenters. The molecule has 0 aliphatic rings. The molecule has 2 heterocycles. The molecule has 104 valence electrons. The third kappa shape index (κ3) is 3.06. The summed E-state index contributed by atoms with van der Waals surface area (Å²) in [6.07, 6.45) is 6.88. The second-order valence-electron chi connectivity index (χ2n) is 4.54. The smallest absolute Gasteiger partial charge is 0.0790 e. The van der Waals surface area contributed by atoms with E-state index in [-0.39, 0.29) is 6.04 Å². The Kier molecular flexibility index (Phi) is 4.76. The lowest BCUT2D eigenvalue weighted by atomic mass is 10.1. The maximum absolute atomic E-state index is 4.44. The van der Waals surface area contributed by atoms with Crippen molar-refractivity contribution in [2.24, 2.45) is 7.05 Å². The Morgan fingerprint density at radius 3 is 2.68 bits per heavy atom. The van der Waals surface area contributed by atoms with Gasteiger partial charge < -0.3 is 5.32 Å². The molecular weight excluding hydrogens is 306 g/mol. The zero-order chi connectivity index (χ0) is 13.8. The lowest BCUT2D eigenvalue weighted by molar-refractivity contribution is 0.519. The Morgan fingerprint density at radius 1 is 1.32 bits per heavy atom. The average molecular weight is 326 g/mol. The van der Waals surface area contributed by atoms with Gasteiger partial charge >= 0.3 is 0 Å². The molecule has 2 aromatic rings. The summed E-state index contributed by atoms with van der Waals surface area (Å²) in [6.45, 7) is 6.08.